The van der Waals surface area contributed by atoms with Crippen molar-refractivity contribution in [2.75, 3.05) is 19.6 Å². The lowest BCUT2D eigenvalue weighted by Gasteiger charge is -2.28. The quantitative estimate of drug-likeness (QED) is 0.847. The van der Waals surface area contributed by atoms with Crippen molar-refractivity contribution >= 4 is 10.0 Å². The summed E-state index contributed by atoms with van der Waals surface area (Å²) >= 11 is 0. The molecule has 1 aromatic heterocycles. The van der Waals surface area contributed by atoms with Crippen LogP contribution in [0.3, 0.4) is 0 Å². The van der Waals surface area contributed by atoms with Gasteiger partial charge in [0.25, 0.3) is 0 Å². The molecule has 0 atom stereocenters. The van der Waals surface area contributed by atoms with Gasteiger partial charge in [0.2, 0.25) is 10.0 Å². The topological polar surface area (TPSA) is 80.1 Å². The van der Waals surface area contributed by atoms with Crippen LogP contribution in [0, 0.1) is 0 Å². The zero-order valence-electron chi connectivity index (χ0n) is 14.0. The highest BCUT2D eigenvalue weighted by molar-refractivity contribution is 7.89. The maximum atomic E-state index is 12.2. The van der Waals surface area contributed by atoms with E-state index in [1.54, 1.807) is 30.3 Å². The van der Waals surface area contributed by atoms with Gasteiger partial charge in [-0.3, -0.25) is 4.90 Å². The zero-order valence-corrected chi connectivity index (χ0v) is 14.8. The molecule has 0 spiro atoms. The van der Waals surface area contributed by atoms with Crippen molar-refractivity contribution in [2.24, 2.45) is 0 Å². The fraction of sp³-hybridized carbons (Fsp3) is 0.500. The van der Waals surface area contributed by atoms with Crippen LogP contribution in [-0.4, -0.2) is 47.7 Å². The molecule has 2 heterocycles. The first-order valence-corrected chi connectivity index (χ1v) is 9.65. The number of nitrogens with zero attached hydrogens (tertiary/aromatic N) is 4. The Morgan fingerprint density at radius 2 is 1.92 bits per heavy atom. The highest BCUT2D eigenvalue weighted by Crippen LogP contribution is 2.17. The summed E-state index contributed by atoms with van der Waals surface area (Å²) < 4.78 is 29.2. The molecule has 0 aliphatic carbocycles. The van der Waals surface area contributed by atoms with Crippen LogP contribution in [0.2, 0.25) is 0 Å². The summed E-state index contributed by atoms with van der Waals surface area (Å²) in [6, 6.07) is 8.43. The molecule has 1 aromatic carbocycles. The van der Waals surface area contributed by atoms with Gasteiger partial charge in [-0.1, -0.05) is 32.0 Å². The Morgan fingerprint density at radius 3 is 2.62 bits per heavy atom. The van der Waals surface area contributed by atoms with Crippen LogP contribution < -0.4 is 4.72 Å². The second-order valence-electron chi connectivity index (χ2n) is 6.27. The summed E-state index contributed by atoms with van der Waals surface area (Å²) in [7, 11) is -3.44. The number of fused-ring (bicyclic) bond motifs is 1. The number of benzene rings is 1. The van der Waals surface area contributed by atoms with Gasteiger partial charge < -0.3 is 4.57 Å². The minimum atomic E-state index is -3.44. The van der Waals surface area contributed by atoms with Crippen LogP contribution in [0.1, 0.15) is 31.4 Å². The number of nitrogens with one attached hydrogen (secondary N) is 1. The van der Waals surface area contributed by atoms with Crippen LogP contribution in [0.5, 0.6) is 0 Å². The number of sulfonamides is 1. The molecule has 130 valence electrons. The fourth-order valence-corrected chi connectivity index (χ4v) is 3.91. The second kappa shape index (κ2) is 7.00. The van der Waals surface area contributed by atoms with Gasteiger partial charge in [-0.2, -0.15) is 0 Å². The zero-order chi connectivity index (χ0) is 17.2. The highest BCUT2D eigenvalue weighted by Gasteiger charge is 2.22. The lowest BCUT2D eigenvalue weighted by Crippen LogP contribution is -2.39. The van der Waals surface area contributed by atoms with Crippen molar-refractivity contribution in [1.82, 2.24) is 24.4 Å². The molecular weight excluding hydrogens is 326 g/mol. The van der Waals surface area contributed by atoms with Crippen molar-refractivity contribution in [1.29, 1.82) is 0 Å². The maximum absolute atomic E-state index is 12.2. The van der Waals surface area contributed by atoms with Gasteiger partial charge in [0.15, 0.2) is 0 Å². The van der Waals surface area contributed by atoms with E-state index >= 15 is 0 Å². The number of rotatable bonds is 6. The van der Waals surface area contributed by atoms with Crippen LogP contribution in [0.4, 0.5) is 0 Å². The number of hydrogen-bond donors (Lipinski definition) is 1. The summed E-state index contributed by atoms with van der Waals surface area (Å²) in [5.41, 5.74) is 0. The van der Waals surface area contributed by atoms with Gasteiger partial charge in [-0.25, -0.2) is 13.1 Å². The summed E-state index contributed by atoms with van der Waals surface area (Å²) in [6.45, 7) is 7.67. The molecule has 0 saturated carbocycles. The first kappa shape index (κ1) is 17.1. The summed E-state index contributed by atoms with van der Waals surface area (Å²) in [5, 5.41) is 8.53. The van der Waals surface area contributed by atoms with Crippen LogP contribution in [0.25, 0.3) is 0 Å². The second-order valence-corrected chi connectivity index (χ2v) is 8.03. The molecule has 8 heteroatoms. The molecule has 0 radical (unpaired) electrons. The molecule has 2 aromatic rings. The van der Waals surface area contributed by atoms with E-state index in [0.29, 0.717) is 30.4 Å². The average Bonchev–Trinajstić information content (AvgIpc) is 2.99. The minimum Gasteiger partial charge on any atom is -0.312 e. The molecule has 24 heavy (non-hydrogen) atoms. The van der Waals surface area contributed by atoms with Crippen molar-refractivity contribution in [3.8, 4) is 0 Å². The average molecular weight is 349 g/mol. The molecule has 1 N–H and O–H groups in total. The first-order chi connectivity index (χ1) is 11.5. The molecule has 0 unspecified atom stereocenters. The maximum Gasteiger partial charge on any atom is 0.240 e. The normalized spacial score (nSPS) is 15.6. The predicted molar refractivity (Wildman–Crippen MR) is 91.0 cm³/mol. The monoisotopic (exact) mass is 349 g/mol. The van der Waals surface area contributed by atoms with E-state index in [1.165, 1.54) is 0 Å². The number of hydrogen-bond acceptors (Lipinski definition) is 5. The van der Waals surface area contributed by atoms with Gasteiger partial charge in [-0.15, -0.1) is 10.2 Å². The summed E-state index contributed by atoms with van der Waals surface area (Å²) in [6.07, 6.45) is 0. The van der Waals surface area contributed by atoms with E-state index in [9.17, 15) is 8.42 Å². The van der Waals surface area contributed by atoms with E-state index in [2.05, 4.69) is 38.2 Å². The Bertz CT molecular complexity index is 786. The predicted octanol–water partition coefficient (Wildman–Crippen LogP) is 1.20. The van der Waals surface area contributed by atoms with E-state index in [4.69, 9.17) is 0 Å². The van der Waals surface area contributed by atoms with E-state index in [-0.39, 0.29) is 0 Å². The molecular formula is C16H23N5O2S. The highest BCUT2D eigenvalue weighted by atomic mass is 32.2. The van der Waals surface area contributed by atoms with Crippen molar-refractivity contribution in [3.63, 3.8) is 0 Å². The van der Waals surface area contributed by atoms with Gasteiger partial charge in [0.05, 0.1) is 11.4 Å². The van der Waals surface area contributed by atoms with Crippen LogP contribution >= 0.6 is 0 Å². The van der Waals surface area contributed by atoms with E-state index in [1.807, 2.05) is 0 Å². The Kier molecular flexibility index (Phi) is 4.98. The Balaban J connectivity index is 1.55. The third-order valence-corrected chi connectivity index (χ3v) is 5.63. The molecule has 1 aliphatic rings. The molecule has 3 rings (SSSR count). The van der Waals surface area contributed by atoms with E-state index in [0.717, 1.165) is 24.7 Å². The Morgan fingerprint density at radius 1 is 1.17 bits per heavy atom. The van der Waals surface area contributed by atoms with Gasteiger partial charge in [-0.05, 0) is 12.1 Å². The van der Waals surface area contributed by atoms with Gasteiger partial charge in [0, 0.05) is 32.1 Å². The number of aromatic nitrogens is 3. The van der Waals surface area contributed by atoms with Crippen LogP contribution in [-0.2, 0) is 23.1 Å². The molecule has 0 fully saturated rings. The summed E-state index contributed by atoms with van der Waals surface area (Å²) in [5.74, 6) is 2.33. The van der Waals surface area contributed by atoms with Gasteiger partial charge in [0.1, 0.15) is 11.6 Å². The lowest BCUT2D eigenvalue weighted by molar-refractivity contribution is 0.218. The Hall–Kier alpha value is -1.77. The lowest BCUT2D eigenvalue weighted by atomic mass is 10.2. The molecule has 7 nitrogen and oxygen atoms in total. The van der Waals surface area contributed by atoms with Crippen molar-refractivity contribution in [3.05, 3.63) is 42.0 Å². The third-order valence-electron chi connectivity index (χ3n) is 4.15. The molecule has 0 amide bonds. The largest absolute Gasteiger partial charge is 0.312 e. The smallest absolute Gasteiger partial charge is 0.240 e. The Labute approximate surface area is 142 Å². The molecule has 1 aliphatic heterocycles. The standard InChI is InChI=1S/C16H23N5O2S/c1-13(2)16-19-18-15-12-20(10-11-21(15)16)9-8-17-24(22,23)14-6-4-3-5-7-14/h3-7,13,17H,8-12H2,1-2H3. The van der Waals surface area contributed by atoms with Crippen molar-refractivity contribution in [2.45, 2.75) is 37.8 Å². The SMILES string of the molecule is CC(C)c1nnc2n1CCN(CCNS(=O)(=O)c1ccccc1)C2. The van der Waals surface area contributed by atoms with Crippen molar-refractivity contribution < 1.29 is 8.42 Å². The minimum absolute atomic E-state index is 0.296. The molecule has 0 saturated heterocycles. The third kappa shape index (κ3) is 3.66. The fourth-order valence-electron chi connectivity index (χ4n) is 2.87. The molecule has 0 bridgehead atoms. The van der Waals surface area contributed by atoms with Crippen LogP contribution in [0.15, 0.2) is 35.2 Å². The summed E-state index contributed by atoms with van der Waals surface area (Å²) in [4.78, 5) is 2.49. The van der Waals surface area contributed by atoms with Gasteiger partial charge >= 0.3 is 0 Å². The first-order valence-electron chi connectivity index (χ1n) is 8.16. The van der Waals surface area contributed by atoms with E-state index < -0.39 is 10.0 Å².